The molecule has 8 heteroatoms. The summed E-state index contributed by atoms with van der Waals surface area (Å²) in [6.45, 7) is 0.390. The van der Waals surface area contributed by atoms with E-state index in [1.54, 1.807) is 12.1 Å². The number of nitrogens with one attached hydrogen (secondary N) is 2. The van der Waals surface area contributed by atoms with Gasteiger partial charge < -0.3 is 15.7 Å². The largest absolute Gasteiger partial charge is 0.480 e. The molecule has 106 valence electrons. The van der Waals surface area contributed by atoms with Crippen LogP contribution in [0.25, 0.3) is 0 Å². The van der Waals surface area contributed by atoms with Crippen molar-refractivity contribution in [3.8, 4) is 6.07 Å². The number of thiophene rings is 1. The van der Waals surface area contributed by atoms with E-state index in [2.05, 4.69) is 10.6 Å². The van der Waals surface area contributed by atoms with Crippen LogP contribution in [0.1, 0.15) is 16.1 Å². The zero-order valence-corrected chi connectivity index (χ0v) is 11.9. The fourth-order valence-corrected chi connectivity index (χ4v) is 3.06. The number of carbonyl (C=O) groups excluding carboxylic acids is 1. The second-order valence-electron chi connectivity index (χ2n) is 4.48. The van der Waals surface area contributed by atoms with E-state index >= 15 is 0 Å². The molecular weight excluding hydrogens is 302 g/mol. The molecule has 0 aliphatic carbocycles. The van der Waals surface area contributed by atoms with Crippen LogP contribution in [-0.2, 0) is 4.79 Å². The number of amides is 1. The summed E-state index contributed by atoms with van der Waals surface area (Å²) in [6, 6.07) is 3.83. The van der Waals surface area contributed by atoms with E-state index in [-0.39, 0.29) is 11.8 Å². The number of rotatable bonds is 4. The lowest BCUT2D eigenvalue weighted by molar-refractivity contribution is -0.139. The van der Waals surface area contributed by atoms with Gasteiger partial charge in [0.25, 0.3) is 5.91 Å². The van der Waals surface area contributed by atoms with E-state index < -0.39 is 18.1 Å². The first kappa shape index (κ1) is 14.8. The Kier molecular flexibility index (Phi) is 4.60. The lowest BCUT2D eigenvalue weighted by Gasteiger charge is -2.16. The van der Waals surface area contributed by atoms with Gasteiger partial charge >= 0.3 is 5.97 Å². The molecule has 1 aromatic rings. The summed E-state index contributed by atoms with van der Waals surface area (Å²) in [7, 11) is 0. The quantitative estimate of drug-likeness (QED) is 0.772. The smallest absolute Gasteiger partial charge is 0.320 e. The predicted molar refractivity (Wildman–Crippen MR) is 73.7 cm³/mol. The second-order valence-corrected chi connectivity index (χ2v) is 6.19. The third-order valence-corrected chi connectivity index (χ3v) is 4.39. The average molecular weight is 314 g/mol. The van der Waals surface area contributed by atoms with Crippen molar-refractivity contribution in [2.24, 2.45) is 5.92 Å². The molecule has 6 nitrogen and oxygen atoms in total. The molecule has 0 saturated carbocycles. The van der Waals surface area contributed by atoms with Gasteiger partial charge in [-0.2, -0.15) is 5.26 Å². The number of halogens is 1. The normalized spacial score (nSPS) is 23.0. The molecule has 1 aromatic heterocycles. The third-order valence-electron chi connectivity index (χ3n) is 3.16. The van der Waals surface area contributed by atoms with Crippen LogP contribution < -0.4 is 10.6 Å². The Morgan fingerprint density at radius 3 is 2.85 bits per heavy atom. The summed E-state index contributed by atoms with van der Waals surface area (Å²) in [5.41, 5.74) is 0. The average Bonchev–Trinajstić information content (AvgIpc) is 3.04. The van der Waals surface area contributed by atoms with Gasteiger partial charge in [-0.25, -0.2) is 0 Å². The van der Waals surface area contributed by atoms with Crippen molar-refractivity contribution in [1.29, 1.82) is 5.26 Å². The van der Waals surface area contributed by atoms with Crippen molar-refractivity contribution in [3.63, 3.8) is 0 Å². The Bertz CT molecular complexity index is 569. The topological polar surface area (TPSA) is 102 Å². The molecule has 3 N–H and O–H groups in total. The lowest BCUT2D eigenvalue weighted by Crippen LogP contribution is -2.39. The minimum atomic E-state index is -0.944. The van der Waals surface area contributed by atoms with Gasteiger partial charge in [0, 0.05) is 12.5 Å². The van der Waals surface area contributed by atoms with Crippen LogP contribution in [0.4, 0.5) is 0 Å². The number of nitrogens with zero attached hydrogens (tertiary/aromatic N) is 1. The Morgan fingerprint density at radius 2 is 2.35 bits per heavy atom. The number of carboxylic acids is 1. The van der Waals surface area contributed by atoms with Crippen molar-refractivity contribution < 1.29 is 14.7 Å². The maximum atomic E-state index is 12.0. The SMILES string of the molecule is N#CC(NC(=O)c1ccc(Cl)s1)[C@@H]1CN[C@H](C(=O)O)C1. The first-order valence-corrected chi connectivity index (χ1v) is 7.12. The molecule has 2 heterocycles. The van der Waals surface area contributed by atoms with Gasteiger partial charge in [0.05, 0.1) is 15.3 Å². The van der Waals surface area contributed by atoms with E-state index in [1.165, 1.54) is 0 Å². The molecule has 1 saturated heterocycles. The molecule has 20 heavy (non-hydrogen) atoms. The Labute approximate surface area is 124 Å². The maximum absolute atomic E-state index is 12.0. The van der Waals surface area contributed by atoms with Crippen molar-refractivity contribution in [2.75, 3.05) is 6.54 Å². The number of hydrogen-bond donors (Lipinski definition) is 3. The Morgan fingerprint density at radius 1 is 1.60 bits per heavy atom. The monoisotopic (exact) mass is 313 g/mol. The Hall–Kier alpha value is -1.62. The zero-order valence-electron chi connectivity index (χ0n) is 10.3. The second kappa shape index (κ2) is 6.22. The fourth-order valence-electron chi connectivity index (χ4n) is 2.11. The fraction of sp³-hybridized carbons (Fsp3) is 0.417. The highest BCUT2D eigenvalue weighted by Crippen LogP contribution is 2.22. The molecule has 1 unspecified atom stereocenters. The molecular formula is C12H12ClN3O3S. The molecule has 2 rings (SSSR count). The number of nitriles is 1. The van der Waals surface area contributed by atoms with E-state index in [0.717, 1.165) is 11.3 Å². The van der Waals surface area contributed by atoms with Crippen LogP contribution >= 0.6 is 22.9 Å². The number of hydrogen-bond acceptors (Lipinski definition) is 5. The lowest BCUT2D eigenvalue weighted by atomic mass is 9.97. The van der Waals surface area contributed by atoms with Crippen LogP contribution in [0.3, 0.4) is 0 Å². The molecule has 1 amide bonds. The van der Waals surface area contributed by atoms with Crippen molar-refractivity contribution in [3.05, 3.63) is 21.3 Å². The summed E-state index contributed by atoms with van der Waals surface area (Å²) in [5.74, 6) is -1.53. The van der Waals surface area contributed by atoms with Crippen LogP contribution in [0.15, 0.2) is 12.1 Å². The van der Waals surface area contributed by atoms with Crippen molar-refractivity contribution in [2.45, 2.75) is 18.5 Å². The zero-order chi connectivity index (χ0) is 14.7. The van der Waals surface area contributed by atoms with Crippen LogP contribution in [0, 0.1) is 17.2 Å². The van der Waals surface area contributed by atoms with Crippen LogP contribution in [-0.4, -0.2) is 35.6 Å². The van der Waals surface area contributed by atoms with Gasteiger partial charge in [0.1, 0.15) is 12.1 Å². The van der Waals surface area contributed by atoms with Gasteiger partial charge in [0.15, 0.2) is 0 Å². The third kappa shape index (κ3) is 3.28. The first-order valence-electron chi connectivity index (χ1n) is 5.93. The van der Waals surface area contributed by atoms with Crippen LogP contribution in [0.5, 0.6) is 0 Å². The summed E-state index contributed by atoms with van der Waals surface area (Å²) in [6.07, 6.45) is 0.318. The van der Waals surface area contributed by atoms with E-state index in [9.17, 15) is 9.59 Å². The van der Waals surface area contributed by atoms with Crippen molar-refractivity contribution in [1.82, 2.24) is 10.6 Å². The molecule has 0 aromatic carbocycles. The number of carboxylic acid groups (broad SMARTS) is 1. The summed E-state index contributed by atoms with van der Waals surface area (Å²) in [4.78, 5) is 23.2. The summed E-state index contributed by atoms with van der Waals surface area (Å²) < 4.78 is 0.497. The number of carbonyl (C=O) groups is 2. The molecule has 1 aliphatic rings. The molecule has 0 radical (unpaired) electrons. The van der Waals surface area contributed by atoms with Gasteiger partial charge in [-0.05, 0) is 18.6 Å². The van der Waals surface area contributed by atoms with Crippen molar-refractivity contribution >= 4 is 34.8 Å². The molecule has 0 bridgehead atoms. The van der Waals surface area contributed by atoms with E-state index in [0.29, 0.717) is 22.2 Å². The van der Waals surface area contributed by atoms with Gasteiger partial charge in [-0.1, -0.05) is 11.6 Å². The number of aliphatic carboxylic acids is 1. The van der Waals surface area contributed by atoms with E-state index in [4.69, 9.17) is 22.0 Å². The minimum Gasteiger partial charge on any atom is -0.480 e. The van der Waals surface area contributed by atoms with Gasteiger partial charge in [0.2, 0.25) is 0 Å². The molecule has 0 spiro atoms. The highest BCUT2D eigenvalue weighted by Gasteiger charge is 2.35. The standard InChI is InChI=1S/C12H12ClN3O3S/c13-10-2-1-9(20-10)11(17)16-8(4-14)6-3-7(12(18)19)15-5-6/h1-2,6-8,15H,3,5H2,(H,16,17)(H,18,19)/t6-,7-,8?/m0/s1. The molecule has 3 atom stereocenters. The molecule has 1 fully saturated rings. The molecule has 1 aliphatic heterocycles. The Balaban J connectivity index is 1.98. The van der Waals surface area contributed by atoms with Gasteiger partial charge in [-0.3, -0.25) is 9.59 Å². The highest BCUT2D eigenvalue weighted by atomic mass is 35.5. The van der Waals surface area contributed by atoms with E-state index in [1.807, 2.05) is 6.07 Å². The highest BCUT2D eigenvalue weighted by molar-refractivity contribution is 7.18. The summed E-state index contributed by atoms with van der Waals surface area (Å²) in [5, 5.41) is 23.5. The maximum Gasteiger partial charge on any atom is 0.320 e. The van der Waals surface area contributed by atoms with Gasteiger partial charge in [-0.15, -0.1) is 11.3 Å². The summed E-state index contributed by atoms with van der Waals surface area (Å²) >= 11 is 6.88. The predicted octanol–water partition coefficient (Wildman–Crippen LogP) is 1.09. The minimum absolute atomic E-state index is 0.222. The van der Waals surface area contributed by atoms with Crippen LogP contribution in [0.2, 0.25) is 4.34 Å². The first-order chi connectivity index (χ1) is 9.51.